The van der Waals surface area contributed by atoms with Gasteiger partial charge in [-0.2, -0.15) is 0 Å². The van der Waals surface area contributed by atoms with Crippen molar-refractivity contribution < 1.29 is 19.1 Å². The van der Waals surface area contributed by atoms with Crippen LogP contribution in [0, 0.1) is 0 Å². The molecular formula is C24H23N3O4. The van der Waals surface area contributed by atoms with Gasteiger partial charge in [0.15, 0.2) is 11.9 Å². The largest absolute Gasteiger partial charge is 0.449 e. The summed E-state index contributed by atoms with van der Waals surface area (Å²) < 4.78 is 5.61. The Morgan fingerprint density at radius 1 is 1.23 bits per heavy atom. The van der Waals surface area contributed by atoms with Crippen molar-refractivity contribution in [2.75, 3.05) is 11.4 Å². The average molecular weight is 417 g/mol. The Morgan fingerprint density at radius 3 is 2.77 bits per heavy atom. The van der Waals surface area contributed by atoms with Crippen LogP contribution in [-0.2, 0) is 27.3 Å². The second kappa shape index (κ2) is 7.41. The van der Waals surface area contributed by atoms with E-state index in [1.807, 2.05) is 31.2 Å². The SMILES string of the molecule is CC1=NCc2nc(C3CC3)cc(C(=O)OC(C)C(=O)N3CC(=O)Cc4ccccc43)c21. The maximum atomic E-state index is 13.1. The van der Waals surface area contributed by atoms with Gasteiger partial charge in [-0.15, -0.1) is 0 Å². The predicted octanol–water partition coefficient (Wildman–Crippen LogP) is 2.99. The molecule has 0 radical (unpaired) electrons. The third-order valence-electron chi connectivity index (χ3n) is 6.06. The number of aliphatic imine (C=N–C) groups is 1. The third kappa shape index (κ3) is 3.54. The van der Waals surface area contributed by atoms with E-state index in [-0.39, 0.29) is 12.3 Å². The van der Waals surface area contributed by atoms with Crippen molar-refractivity contribution in [1.29, 1.82) is 0 Å². The van der Waals surface area contributed by atoms with Gasteiger partial charge < -0.3 is 9.64 Å². The summed E-state index contributed by atoms with van der Waals surface area (Å²) in [5, 5.41) is 0. The Balaban J connectivity index is 1.40. The Labute approximate surface area is 180 Å². The number of rotatable bonds is 4. The molecule has 1 fully saturated rings. The molecule has 2 aliphatic heterocycles. The Hall–Kier alpha value is -3.35. The molecule has 31 heavy (non-hydrogen) atoms. The van der Waals surface area contributed by atoms with Gasteiger partial charge in [-0.05, 0) is 44.4 Å². The molecule has 0 bridgehead atoms. The van der Waals surface area contributed by atoms with E-state index in [1.54, 1.807) is 13.0 Å². The number of para-hydroxylation sites is 1. The molecule has 0 saturated heterocycles. The lowest BCUT2D eigenvalue weighted by atomic mass is 10.0. The molecular weight excluding hydrogens is 394 g/mol. The topological polar surface area (TPSA) is 88.9 Å². The predicted molar refractivity (Wildman–Crippen MR) is 115 cm³/mol. The van der Waals surface area contributed by atoms with Gasteiger partial charge in [-0.3, -0.25) is 19.6 Å². The van der Waals surface area contributed by atoms with Crippen LogP contribution in [0.15, 0.2) is 35.3 Å². The number of carbonyl (C=O) groups excluding carboxylic acids is 3. The van der Waals surface area contributed by atoms with E-state index in [2.05, 4.69) is 4.99 Å². The van der Waals surface area contributed by atoms with Crippen molar-refractivity contribution in [1.82, 2.24) is 4.98 Å². The van der Waals surface area contributed by atoms with Crippen LogP contribution in [0.2, 0.25) is 0 Å². The summed E-state index contributed by atoms with van der Waals surface area (Å²) in [5.41, 5.74) is 5.07. The van der Waals surface area contributed by atoms with Gasteiger partial charge in [0, 0.05) is 35.0 Å². The van der Waals surface area contributed by atoms with Crippen LogP contribution in [0.3, 0.4) is 0 Å². The van der Waals surface area contributed by atoms with E-state index < -0.39 is 18.0 Å². The summed E-state index contributed by atoms with van der Waals surface area (Å²) in [5.74, 6) is -0.632. The van der Waals surface area contributed by atoms with E-state index in [1.165, 1.54) is 4.90 Å². The Kier molecular flexibility index (Phi) is 4.68. The van der Waals surface area contributed by atoms with Crippen molar-refractivity contribution in [3.05, 3.63) is 58.4 Å². The highest BCUT2D eigenvalue weighted by atomic mass is 16.5. The molecule has 0 N–H and O–H groups in total. The molecule has 1 aromatic carbocycles. The number of ether oxygens (including phenoxy) is 1. The second-order valence-corrected chi connectivity index (χ2v) is 8.41. The van der Waals surface area contributed by atoms with Crippen molar-refractivity contribution in [2.45, 2.75) is 51.7 Å². The Morgan fingerprint density at radius 2 is 2.00 bits per heavy atom. The van der Waals surface area contributed by atoms with Gasteiger partial charge in [0.25, 0.3) is 5.91 Å². The highest BCUT2D eigenvalue weighted by Gasteiger charge is 2.34. The lowest BCUT2D eigenvalue weighted by Gasteiger charge is -2.30. The van der Waals surface area contributed by atoms with E-state index in [4.69, 9.17) is 9.72 Å². The first-order chi connectivity index (χ1) is 14.9. The number of esters is 1. The molecule has 1 aromatic heterocycles. The van der Waals surface area contributed by atoms with Crippen LogP contribution < -0.4 is 4.90 Å². The number of carbonyl (C=O) groups is 3. The highest BCUT2D eigenvalue weighted by Crippen LogP contribution is 2.40. The van der Waals surface area contributed by atoms with Crippen LogP contribution in [0.25, 0.3) is 0 Å². The minimum Gasteiger partial charge on any atom is -0.449 e. The normalized spacial score (nSPS) is 18.2. The van der Waals surface area contributed by atoms with Crippen LogP contribution in [-0.4, -0.2) is 41.0 Å². The highest BCUT2D eigenvalue weighted by molar-refractivity contribution is 6.11. The van der Waals surface area contributed by atoms with E-state index in [0.29, 0.717) is 35.7 Å². The number of ketones is 1. The van der Waals surface area contributed by atoms with Crippen molar-refractivity contribution in [3.63, 3.8) is 0 Å². The summed E-state index contributed by atoms with van der Waals surface area (Å²) in [4.78, 5) is 48.9. The number of anilines is 1. The molecule has 1 atom stereocenters. The smallest absolute Gasteiger partial charge is 0.339 e. The lowest BCUT2D eigenvalue weighted by Crippen LogP contribution is -2.45. The lowest BCUT2D eigenvalue weighted by molar-refractivity contribution is -0.128. The molecule has 3 heterocycles. The fraction of sp³-hybridized carbons (Fsp3) is 0.375. The summed E-state index contributed by atoms with van der Waals surface area (Å²) in [7, 11) is 0. The molecule has 158 valence electrons. The number of benzene rings is 1. The number of fused-ring (bicyclic) bond motifs is 2. The molecule has 2 aromatic rings. The number of pyridine rings is 1. The zero-order valence-electron chi connectivity index (χ0n) is 17.6. The number of hydrogen-bond donors (Lipinski definition) is 0. The van der Waals surface area contributed by atoms with E-state index in [0.717, 1.165) is 35.5 Å². The minimum atomic E-state index is -1.03. The molecule has 5 rings (SSSR count). The summed E-state index contributed by atoms with van der Waals surface area (Å²) in [6.45, 7) is 3.85. The first-order valence-electron chi connectivity index (χ1n) is 10.6. The molecule has 1 saturated carbocycles. The molecule has 1 aliphatic carbocycles. The number of amides is 1. The van der Waals surface area contributed by atoms with E-state index >= 15 is 0 Å². The Bertz CT molecular complexity index is 1150. The van der Waals surface area contributed by atoms with Crippen LogP contribution >= 0.6 is 0 Å². The van der Waals surface area contributed by atoms with Crippen molar-refractivity contribution in [3.8, 4) is 0 Å². The summed E-state index contributed by atoms with van der Waals surface area (Å²) >= 11 is 0. The molecule has 7 nitrogen and oxygen atoms in total. The second-order valence-electron chi connectivity index (χ2n) is 8.41. The monoisotopic (exact) mass is 417 g/mol. The third-order valence-corrected chi connectivity index (χ3v) is 6.06. The fourth-order valence-corrected chi connectivity index (χ4v) is 4.30. The van der Waals surface area contributed by atoms with Crippen molar-refractivity contribution >= 4 is 29.1 Å². The van der Waals surface area contributed by atoms with Gasteiger partial charge in [0.1, 0.15) is 0 Å². The zero-order chi connectivity index (χ0) is 21.7. The van der Waals surface area contributed by atoms with Gasteiger partial charge >= 0.3 is 5.97 Å². The van der Waals surface area contributed by atoms with Gasteiger partial charge in [-0.25, -0.2) is 4.79 Å². The molecule has 1 unspecified atom stereocenters. The summed E-state index contributed by atoms with van der Waals surface area (Å²) in [6.07, 6.45) is 1.41. The minimum absolute atomic E-state index is 0.0139. The number of hydrogen-bond acceptors (Lipinski definition) is 6. The van der Waals surface area contributed by atoms with Crippen LogP contribution in [0.5, 0.6) is 0 Å². The van der Waals surface area contributed by atoms with Crippen molar-refractivity contribution in [2.24, 2.45) is 4.99 Å². The van der Waals surface area contributed by atoms with Crippen LogP contribution in [0.4, 0.5) is 5.69 Å². The van der Waals surface area contributed by atoms with Gasteiger partial charge in [-0.1, -0.05) is 18.2 Å². The number of nitrogens with zero attached hydrogens (tertiary/aromatic N) is 3. The molecule has 1 amide bonds. The maximum absolute atomic E-state index is 13.1. The summed E-state index contributed by atoms with van der Waals surface area (Å²) in [6, 6.07) is 9.11. The molecule has 7 heteroatoms. The maximum Gasteiger partial charge on any atom is 0.339 e. The average Bonchev–Trinajstić information content (AvgIpc) is 3.55. The first-order valence-corrected chi connectivity index (χ1v) is 10.6. The van der Waals surface area contributed by atoms with Crippen LogP contribution in [0.1, 0.15) is 65.5 Å². The fourth-order valence-electron chi connectivity index (χ4n) is 4.30. The van der Waals surface area contributed by atoms with Gasteiger partial charge in [0.05, 0.1) is 24.3 Å². The molecule has 3 aliphatic rings. The number of aromatic nitrogens is 1. The quantitative estimate of drug-likeness (QED) is 0.714. The standard InChI is InChI=1S/C24H23N3O4/c1-13-22-18(10-19(15-7-8-15)26-20(22)11-25-13)24(30)31-14(2)23(29)27-12-17(28)9-16-5-3-4-6-21(16)27/h3-6,10,14-15H,7-9,11-12H2,1-2H3. The number of Topliss-reactive ketones (excluding diaryl/α,β-unsaturated/α-hetero) is 1. The molecule has 0 spiro atoms. The zero-order valence-corrected chi connectivity index (χ0v) is 17.6. The van der Waals surface area contributed by atoms with E-state index in [9.17, 15) is 14.4 Å². The van der Waals surface area contributed by atoms with Gasteiger partial charge in [0.2, 0.25) is 0 Å². The first kappa shape index (κ1) is 19.6.